The second-order valence-corrected chi connectivity index (χ2v) is 6.39. The minimum absolute atomic E-state index is 0. The van der Waals surface area contributed by atoms with Gasteiger partial charge in [0.25, 0.3) is 0 Å². The average molecular weight is 490 g/mol. The van der Waals surface area contributed by atoms with Crippen LogP contribution < -0.4 is 15.4 Å². The molecule has 0 aliphatic carbocycles. The van der Waals surface area contributed by atoms with Crippen molar-refractivity contribution >= 4 is 41.7 Å². The highest BCUT2D eigenvalue weighted by molar-refractivity contribution is 14.0. The third-order valence-electron chi connectivity index (χ3n) is 3.39. The molecule has 0 atom stereocenters. The quantitative estimate of drug-likeness (QED) is 0.194. The zero-order valence-electron chi connectivity index (χ0n) is 14.9. The molecule has 0 amide bonds. The van der Waals surface area contributed by atoms with Crippen molar-refractivity contribution in [1.29, 1.82) is 0 Å². The van der Waals surface area contributed by atoms with Gasteiger partial charge in [0.15, 0.2) is 5.96 Å². The number of ether oxygens (including phenoxy) is 1. The molecule has 0 aliphatic heterocycles. The van der Waals surface area contributed by atoms with Crippen molar-refractivity contribution in [2.45, 2.75) is 17.9 Å². The molecule has 1 heterocycles. The number of aliphatic imine (C=N–C) groups is 1. The van der Waals surface area contributed by atoms with Gasteiger partial charge in [-0.25, -0.2) is 9.37 Å². The van der Waals surface area contributed by atoms with E-state index in [1.54, 1.807) is 44.2 Å². The van der Waals surface area contributed by atoms with Crippen LogP contribution in [0.15, 0.2) is 52.5 Å². The molecule has 2 N–H and O–H groups in total. The fourth-order valence-electron chi connectivity index (χ4n) is 2.04. The van der Waals surface area contributed by atoms with Crippen molar-refractivity contribution in [2.24, 2.45) is 4.99 Å². The number of hydrogen-bond acceptors (Lipinski definition) is 4. The highest BCUT2D eigenvalue weighted by Gasteiger charge is 2.00. The number of guanidine groups is 1. The number of rotatable bonds is 8. The maximum Gasteiger partial charge on any atom is 0.212 e. The van der Waals surface area contributed by atoms with Gasteiger partial charge in [0.05, 0.1) is 7.11 Å². The minimum Gasteiger partial charge on any atom is -0.481 e. The molecule has 0 spiro atoms. The van der Waals surface area contributed by atoms with Crippen LogP contribution in [0.5, 0.6) is 5.88 Å². The van der Waals surface area contributed by atoms with Crippen molar-refractivity contribution in [3.63, 3.8) is 0 Å². The van der Waals surface area contributed by atoms with Crippen LogP contribution in [0.1, 0.15) is 12.0 Å². The molecule has 2 rings (SSSR count). The lowest BCUT2D eigenvalue weighted by Gasteiger charge is -2.12. The Morgan fingerprint density at radius 2 is 1.96 bits per heavy atom. The van der Waals surface area contributed by atoms with Crippen LogP contribution >= 0.6 is 35.7 Å². The molecule has 0 bridgehead atoms. The summed E-state index contributed by atoms with van der Waals surface area (Å²) in [6, 6.07) is 10.4. The fourth-order valence-corrected chi connectivity index (χ4v) is 2.90. The first-order chi connectivity index (χ1) is 12.2. The SMILES string of the molecule is CN=C(NCCCSc1ccc(F)cc1)NCc1ccc(OC)nc1.I. The van der Waals surface area contributed by atoms with Gasteiger partial charge in [0.2, 0.25) is 5.88 Å². The number of nitrogens with zero attached hydrogens (tertiary/aromatic N) is 2. The lowest BCUT2D eigenvalue weighted by Crippen LogP contribution is -2.37. The number of hydrogen-bond donors (Lipinski definition) is 2. The Bertz CT molecular complexity index is 668. The maximum absolute atomic E-state index is 12.8. The number of nitrogens with one attached hydrogen (secondary N) is 2. The van der Waals surface area contributed by atoms with Gasteiger partial charge in [-0.3, -0.25) is 4.99 Å². The summed E-state index contributed by atoms with van der Waals surface area (Å²) in [7, 11) is 3.34. The molecule has 0 saturated carbocycles. The molecule has 1 aromatic carbocycles. The molecule has 0 radical (unpaired) electrons. The Balaban J connectivity index is 0.00000338. The summed E-state index contributed by atoms with van der Waals surface area (Å²) in [4.78, 5) is 9.46. The summed E-state index contributed by atoms with van der Waals surface area (Å²) in [5.41, 5.74) is 1.05. The summed E-state index contributed by atoms with van der Waals surface area (Å²) in [5, 5.41) is 6.53. The van der Waals surface area contributed by atoms with Gasteiger partial charge in [0.1, 0.15) is 5.82 Å². The number of thioether (sulfide) groups is 1. The minimum atomic E-state index is -0.201. The first kappa shape index (κ1) is 22.5. The van der Waals surface area contributed by atoms with Crippen LogP contribution in [0.2, 0.25) is 0 Å². The normalized spacial score (nSPS) is 10.8. The average Bonchev–Trinajstić information content (AvgIpc) is 2.66. The maximum atomic E-state index is 12.8. The molecule has 0 unspecified atom stereocenters. The Hall–Kier alpha value is -1.55. The van der Waals surface area contributed by atoms with Crippen molar-refractivity contribution in [3.05, 3.63) is 54.0 Å². The molecule has 2 aromatic rings. The van der Waals surface area contributed by atoms with E-state index in [1.807, 2.05) is 12.1 Å². The van der Waals surface area contributed by atoms with Crippen molar-refractivity contribution in [2.75, 3.05) is 26.5 Å². The number of benzene rings is 1. The highest BCUT2D eigenvalue weighted by Crippen LogP contribution is 2.18. The van der Waals surface area contributed by atoms with Crippen LogP contribution in [0.3, 0.4) is 0 Å². The molecular weight excluding hydrogens is 466 g/mol. The van der Waals surface area contributed by atoms with Gasteiger partial charge in [0, 0.05) is 37.3 Å². The van der Waals surface area contributed by atoms with Gasteiger partial charge in [-0.2, -0.15) is 0 Å². The van der Waals surface area contributed by atoms with E-state index in [-0.39, 0.29) is 29.8 Å². The van der Waals surface area contributed by atoms with E-state index in [0.29, 0.717) is 12.4 Å². The predicted molar refractivity (Wildman–Crippen MR) is 116 cm³/mol. The van der Waals surface area contributed by atoms with Crippen LogP contribution in [0.4, 0.5) is 4.39 Å². The molecule has 26 heavy (non-hydrogen) atoms. The third kappa shape index (κ3) is 8.22. The number of methoxy groups -OCH3 is 1. The summed E-state index contributed by atoms with van der Waals surface area (Å²) in [5.74, 6) is 2.11. The molecule has 0 fully saturated rings. The highest BCUT2D eigenvalue weighted by atomic mass is 127. The second-order valence-electron chi connectivity index (χ2n) is 5.22. The summed E-state index contributed by atoms with van der Waals surface area (Å²) < 4.78 is 17.9. The van der Waals surface area contributed by atoms with Crippen LogP contribution in [0, 0.1) is 5.82 Å². The van der Waals surface area contributed by atoms with Crippen molar-refractivity contribution in [3.8, 4) is 5.88 Å². The number of pyridine rings is 1. The fraction of sp³-hybridized carbons (Fsp3) is 0.333. The topological polar surface area (TPSA) is 58.5 Å². The third-order valence-corrected chi connectivity index (χ3v) is 4.48. The van der Waals surface area contributed by atoms with E-state index in [2.05, 4.69) is 20.6 Å². The van der Waals surface area contributed by atoms with E-state index in [9.17, 15) is 4.39 Å². The van der Waals surface area contributed by atoms with Gasteiger partial charge in [-0.05, 0) is 42.0 Å². The number of halogens is 2. The Morgan fingerprint density at radius 3 is 2.58 bits per heavy atom. The lowest BCUT2D eigenvalue weighted by molar-refractivity contribution is 0.397. The van der Waals surface area contributed by atoms with Crippen LogP contribution in [-0.4, -0.2) is 37.4 Å². The molecule has 0 aliphatic rings. The molecule has 0 saturated heterocycles. The van der Waals surface area contributed by atoms with Crippen LogP contribution in [0.25, 0.3) is 0 Å². The van der Waals surface area contributed by atoms with Gasteiger partial charge in [-0.15, -0.1) is 35.7 Å². The molecule has 142 valence electrons. The van der Waals surface area contributed by atoms with Gasteiger partial charge < -0.3 is 15.4 Å². The van der Waals surface area contributed by atoms with E-state index < -0.39 is 0 Å². The second kappa shape index (κ2) is 12.7. The van der Waals surface area contributed by atoms with E-state index in [0.717, 1.165) is 35.1 Å². The number of aromatic nitrogens is 1. The smallest absolute Gasteiger partial charge is 0.212 e. The molecule has 1 aromatic heterocycles. The zero-order valence-corrected chi connectivity index (χ0v) is 18.0. The molecule has 5 nitrogen and oxygen atoms in total. The summed E-state index contributed by atoms with van der Waals surface area (Å²) in [6.45, 7) is 1.45. The lowest BCUT2D eigenvalue weighted by atomic mass is 10.3. The Labute approximate surface area is 175 Å². The Kier molecular flexibility index (Phi) is 11.0. The van der Waals surface area contributed by atoms with Crippen molar-refractivity contribution < 1.29 is 9.13 Å². The monoisotopic (exact) mass is 490 g/mol. The van der Waals surface area contributed by atoms with Gasteiger partial charge in [-0.1, -0.05) is 6.07 Å². The zero-order chi connectivity index (χ0) is 17.9. The van der Waals surface area contributed by atoms with Gasteiger partial charge >= 0.3 is 0 Å². The summed E-state index contributed by atoms with van der Waals surface area (Å²) >= 11 is 1.72. The molecular formula is C18H24FIN4OS. The Morgan fingerprint density at radius 1 is 1.19 bits per heavy atom. The predicted octanol–water partition coefficient (Wildman–Crippen LogP) is 3.69. The van der Waals surface area contributed by atoms with E-state index in [1.165, 1.54) is 12.1 Å². The van der Waals surface area contributed by atoms with Crippen LogP contribution in [-0.2, 0) is 6.54 Å². The standard InChI is InChI=1S/C18H23FN4OS.HI/c1-20-18(23-13-14-4-9-17(24-2)22-12-14)21-10-3-11-25-16-7-5-15(19)6-8-16;/h4-9,12H,3,10-11,13H2,1-2H3,(H2,20,21,23);1H. The van der Waals surface area contributed by atoms with E-state index >= 15 is 0 Å². The van der Waals surface area contributed by atoms with Crippen molar-refractivity contribution in [1.82, 2.24) is 15.6 Å². The summed E-state index contributed by atoms with van der Waals surface area (Å²) in [6.07, 6.45) is 2.76. The van der Waals surface area contributed by atoms with E-state index in [4.69, 9.17) is 4.74 Å². The molecule has 8 heteroatoms. The first-order valence-electron chi connectivity index (χ1n) is 8.03. The largest absolute Gasteiger partial charge is 0.481 e. The first-order valence-corrected chi connectivity index (χ1v) is 9.01.